The van der Waals surface area contributed by atoms with Crippen LogP contribution in [0.2, 0.25) is 0 Å². The van der Waals surface area contributed by atoms with E-state index in [1.807, 2.05) is 6.07 Å². The average molecular weight is 236 g/mol. The van der Waals surface area contributed by atoms with Crippen molar-refractivity contribution in [3.63, 3.8) is 0 Å². The second kappa shape index (κ2) is 6.62. The number of unbranched alkanes of at least 4 members (excludes halogenated alkanes) is 1. The third kappa shape index (κ3) is 4.63. The van der Waals surface area contributed by atoms with E-state index in [0.29, 0.717) is 25.1 Å². The van der Waals surface area contributed by atoms with Gasteiger partial charge in [-0.25, -0.2) is 4.98 Å². The van der Waals surface area contributed by atoms with Crippen molar-refractivity contribution in [1.29, 1.82) is 0 Å². The molecule has 0 aromatic carbocycles. The van der Waals surface area contributed by atoms with E-state index < -0.39 is 5.97 Å². The maximum absolute atomic E-state index is 11.7. The van der Waals surface area contributed by atoms with Crippen molar-refractivity contribution < 1.29 is 14.7 Å². The molecule has 5 heteroatoms. The fourth-order valence-electron chi connectivity index (χ4n) is 1.40. The summed E-state index contributed by atoms with van der Waals surface area (Å²) in [5.41, 5.74) is 0. The van der Waals surface area contributed by atoms with Crippen LogP contribution in [0.15, 0.2) is 24.4 Å². The molecule has 0 saturated heterocycles. The topological polar surface area (TPSA) is 70.5 Å². The minimum atomic E-state index is -0.824. The minimum absolute atomic E-state index is 0.0471. The molecular weight excluding hydrogens is 220 g/mol. The summed E-state index contributed by atoms with van der Waals surface area (Å²) in [6.45, 7) is 0. The number of pyridine rings is 1. The molecule has 92 valence electrons. The third-order valence-corrected chi connectivity index (χ3v) is 2.40. The van der Waals surface area contributed by atoms with Gasteiger partial charge < -0.3 is 5.11 Å². The predicted octanol–water partition coefficient (Wildman–Crippen LogP) is 1.69. The highest BCUT2D eigenvalue weighted by atomic mass is 16.4. The normalized spacial score (nSPS) is 9.94. The van der Waals surface area contributed by atoms with Crippen LogP contribution in [0.5, 0.6) is 0 Å². The van der Waals surface area contributed by atoms with Crippen molar-refractivity contribution in [2.45, 2.75) is 25.7 Å². The van der Waals surface area contributed by atoms with Gasteiger partial charge in [0, 0.05) is 26.1 Å². The number of anilines is 1. The first-order valence-corrected chi connectivity index (χ1v) is 5.50. The number of carbonyl (C=O) groups excluding carboxylic acids is 1. The average Bonchev–Trinajstić information content (AvgIpc) is 2.34. The maximum atomic E-state index is 11.7. The first-order chi connectivity index (χ1) is 8.11. The molecule has 1 heterocycles. The molecular formula is C12H16N2O3. The summed E-state index contributed by atoms with van der Waals surface area (Å²) in [7, 11) is 1.67. The molecule has 0 aliphatic rings. The first-order valence-electron chi connectivity index (χ1n) is 5.50. The lowest BCUT2D eigenvalue weighted by molar-refractivity contribution is -0.137. The van der Waals surface area contributed by atoms with E-state index in [4.69, 9.17) is 5.11 Å². The molecule has 0 bridgehead atoms. The molecule has 1 rings (SSSR count). The van der Waals surface area contributed by atoms with Crippen molar-refractivity contribution in [2.24, 2.45) is 0 Å². The maximum Gasteiger partial charge on any atom is 0.303 e. The van der Waals surface area contributed by atoms with Crippen molar-refractivity contribution >= 4 is 17.7 Å². The molecule has 0 saturated carbocycles. The smallest absolute Gasteiger partial charge is 0.303 e. The Kier molecular flexibility index (Phi) is 5.13. The van der Waals surface area contributed by atoms with Gasteiger partial charge in [-0.3, -0.25) is 14.5 Å². The zero-order valence-electron chi connectivity index (χ0n) is 9.80. The summed E-state index contributed by atoms with van der Waals surface area (Å²) in [6.07, 6.45) is 3.20. The second-order valence-electron chi connectivity index (χ2n) is 3.74. The van der Waals surface area contributed by atoms with Crippen molar-refractivity contribution in [2.75, 3.05) is 11.9 Å². The number of carboxylic acids is 1. The molecule has 0 atom stereocenters. The van der Waals surface area contributed by atoms with Gasteiger partial charge in [-0.05, 0) is 25.0 Å². The minimum Gasteiger partial charge on any atom is -0.481 e. The third-order valence-electron chi connectivity index (χ3n) is 2.40. The highest BCUT2D eigenvalue weighted by Crippen LogP contribution is 2.10. The van der Waals surface area contributed by atoms with Gasteiger partial charge in [0.25, 0.3) is 0 Å². The van der Waals surface area contributed by atoms with Crippen molar-refractivity contribution in [3.8, 4) is 0 Å². The van der Waals surface area contributed by atoms with Crippen LogP contribution in [-0.4, -0.2) is 29.0 Å². The molecule has 1 aromatic heterocycles. The molecule has 0 radical (unpaired) electrons. The number of hydrogen-bond acceptors (Lipinski definition) is 3. The number of hydrogen-bond donors (Lipinski definition) is 1. The SMILES string of the molecule is CN(C(=O)CCCCC(=O)O)c1ccccn1. The lowest BCUT2D eigenvalue weighted by atomic mass is 10.2. The van der Waals surface area contributed by atoms with Crippen LogP contribution in [0.3, 0.4) is 0 Å². The summed E-state index contributed by atoms with van der Waals surface area (Å²) >= 11 is 0. The van der Waals surface area contributed by atoms with Crippen molar-refractivity contribution in [3.05, 3.63) is 24.4 Å². The number of carboxylic acid groups (broad SMARTS) is 1. The van der Waals surface area contributed by atoms with Crippen molar-refractivity contribution in [1.82, 2.24) is 4.98 Å². The Balaban J connectivity index is 2.35. The monoisotopic (exact) mass is 236 g/mol. The van der Waals surface area contributed by atoms with Crippen LogP contribution < -0.4 is 4.90 Å². The first kappa shape index (κ1) is 13.2. The molecule has 0 fully saturated rings. The largest absolute Gasteiger partial charge is 0.481 e. The standard InChI is InChI=1S/C12H16N2O3/c1-14(10-6-4-5-9-13-10)11(15)7-2-3-8-12(16)17/h4-6,9H,2-3,7-8H2,1H3,(H,16,17). The summed E-state index contributed by atoms with van der Waals surface area (Å²) in [6, 6.07) is 5.36. The van der Waals surface area contributed by atoms with Gasteiger partial charge in [0.15, 0.2) is 0 Å². The van der Waals surface area contributed by atoms with E-state index in [1.165, 1.54) is 4.90 Å². The summed E-state index contributed by atoms with van der Waals surface area (Å²) < 4.78 is 0. The number of carbonyl (C=O) groups is 2. The quantitative estimate of drug-likeness (QED) is 0.763. The van der Waals surface area contributed by atoms with E-state index in [-0.39, 0.29) is 12.3 Å². The lowest BCUT2D eigenvalue weighted by Gasteiger charge is -2.15. The number of nitrogens with zero attached hydrogens (tertiary/aromatic N) is 2. The molecule has 0 spiro atoms. The molecule has 0 unspecified atom stereocenters. The Labute approximate surface area is 100 Å². The zero-order chi connectivity index (χ0) is 12.7. The summed E-state index contributed by atoms with van der Waals surface area (Å²) in [4.78, 5) is 27.6. The Morgan fingerprint density at radius 3 is 2.59 bits per heavy atom. The van der Waals surface area contributed by atoms with E-state index in [9.17, 15) is 9.59 Å². The highest BCUT2D eigenvalue weighted by Gasteiger charge is 2.11. The van der Waals surface area contributed by atoms with Gasteiger partial charge in [-0.1, -0.05) is 6.07 Å². The van der Waals surface area contributed by atoms with Gasteiger partial charge in [-0.15, -0.1) is 0 Å². The zero-order valence-corrected chi connectivity index (χ0v) is 9.80. The fraction of sp³-hybridized carbons (Fsp3) is 0.417. The van der Waals surface area contributed by atoms with Crippen LogP contribution in [0.1, 0.15) is 25.7 Å². The Hall–Kier alpha value is -1.91. The number of aliphatic carboxylic acids is 1. The van der Waals surface area contributed by atoms with Crippen LogP contribution in [0.25, 0.3) is 0 Å². The van der Waals surface area contributed by atoms with Gasteiger partial charge in [0.2, 0.25) is 5.91 Å². The second-order valence-corrected chi connectivity index (χ2v) is 3.74. The molecule has 1 N–H and O–H groups in total. The van der Waals surface area contributed by atoms with Crippen LogP contribution in [-0.2, 0) is 9.59 Å². The van der Waals surface area contributed by atoms with E-state index in [0.717, 1.165) is 0 Å². The Morgan fingerprint density at radius 1 is 1.29 bits per heavy atom. The van der Waals surface area contributed by atoms with Gasteiger partial charge in [0.05, 0.1) is 0 Å². The molecule has 1 aromatic rings. The van der Waals surface area contributed by atoms with Gasteiger partial charge in [0.1, 0.15) is 5.82 Å². The number of aromatic nitrogens is 1. The molecule has 0 aliphatic heterocycles. The summed E-state index contributed by atoms with van der Waals surface area (Å²) in [5.74, 6) is -0.264. The fourth-order valence-corrected chi connectivity index (χ4v) is 1.40. The highest BCUT2D eigenvalue weighted by molar-refractivity contribution is 5.91. The van der Waals surface area contributed by atoms with E-state index in [1.54, 1.807) is 25.4 Å². The molecule has 5 nitrogen and oxygen atoms in total. The molecule has 0 aliphatic carbocycles. The molecule has 17 heavy (non-hydrogen) atoms. The van der Waals surface area contributed by atoms with Gasteiger partial charge >= 0.3 is 5.97 Å². The van der Waals surface area contributed by atoms with Crippen LogP contribution >= 0.6 is 0 Å². The summed E-state index contributed by atoms with van der Waals surface area (Å²) in [5, 5.41) is 8.46. The Bertz CT molecular complexity index is 379. The number of rotatable bonds is 6. The predicted molar refractivity (Wildman–Crippen MR) is 63.8 cm³/mol. The number of amides is 1. The van der Waals surface area contributed by atoms with E-state index in [2.05, 4.69) is 4.98 Å². The van der Waals surface area contributed by atoms with Crippen LogP contribution in [0.4, 0.5) is 5.82 Å². The molecule has 1 amide bonds. The lowest BCUT2D eigenvalue weighted by Crippen LogP contribution is -2.26. The van der Waals surface area contributed by atoms with E-state index >= 15 is 0 Å². The van der Waals surface area contributed by atoms with Gasteiger partial charge in [-0.2, -0.15) is 0 Å². The Morgan fingerprint density at radius 2 is 2.00 bits per heavy atom. The van der Waals surface area contributed by atoms with Crippen LogP contribution in [0, 0.1) is 0 Å².